The van der Waals surface area contributed by atoms with Crippen molar-refractivity contribution < 1.29 is 19.4 Å². The number of halogens is 1. The van der Waals surface area contributed by atoms with Crippen LogP contribution < -0.4 is 4.74 Å². The molecule has 1 N–H and O–H groups in total. The summed E-state index contributed by atoms with van der Waals surface area (Å²) in [6, 6.07) is 13.4. The van der Waals surface area contributed by atoms with Crippen LogP contribution in [0.1, 0.15) is 23.6 Å². The van der Waals surface area contributed by atoms with E-state index in [0.717, 1.165) is 4.47 Å². The van der Waals surface area contributed by atoms with Crippen molar-refractivity contribution in [1.82, 2.24) is 14.5 Å². The number of rotatable bonds is 9. The molecule has 1 saturated heterocycles. The maximum atomic E-state index is 13.1. The Bertz CT molecular complexity index is 1200. The molecule has 1 amide bonds. The first-order chi connectivity index (χ1) is 16.5. The van der Waals surface area contributed by atoms with Gasteiger partial charge in [0.2, 0.25) is 0 Å². The number of ketones is 1. The van der Waals surface area contributed by atoms with Crippen molar-refractivity contribution in [3.05, 3.63) is 101 Å². The Morgan fingerprint density at radius 2 is 1.85 bits per heavy atom. The molecule has 0 unspecified atom stereocenters. The van der Waals surface area contributed by atoms with Gasteiger partial charge in [-0.2, -0.15) is 0 Å². The van der Waals surface area contributed by atoms with Crippen LogP contribution in [0.15, 0.2) is 90.0 Å². The molecular formula is C26H24BrN3O4. The summed E-state index contributed by atoms with van der Waals surface area (Å²) in [5.74, 6) is -0.866. The van der Waals surface area contributed by atoms with E-state index in [9.17, 15) is 14.7 Å². The number of nitrogens with zero attached hydrogens (tertiary/aromatic N) is 3. The van der Waals surface area contributed by atoms with E-state index < -0.39 is 17.7 Å². The van der Waals surface area contributed by atoms with Crippen LogP contribution >= 0.6 is 15.9 Å². The molecule has 4 rings (SSSR count). The molecule has 0 spiro atoms. The Morgan fingerprint density at radius 3 is 2.50 bits per heavy atom. The van der Waals surface area contributed by atoms with Crippen molar-refractivity contribution in [2.45, 2.75) is 19.0 Å². The molecule has 34 heavy (non-hydrogen) atoms. The van der Waals surface area contributed by atoms with Crippen molar-refractivity contribution in [1.29, 1.82) is 0 Å². The largest absolute Gasteiger partial charge is 0.507 e. The lowest BCUT2D eigenvalue weighted by molar-refractivity contribution is -0.139. The van der Waals surface area contributed by atoms with E-state index in [1.165, 1.54) is 4.90 Å². The van der Waals surface area contributed by atoms with Gasteiger partial charge >= 0.3 is 0 Å². The van der Waals surface area contributed by atoms with Gasteiger partial charge in [-0.25, -0.2) is 4.98 Å². The number of carbonyl (C=O) groups is 2. The third-order valence-corrected chi connectivity index (χ3v) is 6.12. The number of benzene rings is 2. The zero-order valence-electron chi connectivity index (χ0n) is 18.4. The number of hydrogen-bond donors (Lipinski definition) is 1. The van der Waals surface area contributed by atoms with Crippen LogP contribution in [0.2, 0.25) is 0 Å². The van der Waals surface area contributed by atoms with Crippen molar-refractivity contribution >= 4 is 33.4 Å². The second kappa shape index (κ2) is 10.5. The van der Waals surface area contributed by atoms with Gasteiger partial charge in [0.25, 0.3) is 11.7 Å². The first-order valence-corrected chi connectivity index (χ1v) is 11.6. The van der Waals surface area contributed by atoms with Gasteiger partial charge in [-0.1, -0.05) is 52.9 Å². The molecular weight excluding hydrogens is 498 g/mol. The van der Waals surface area contributed by atoms with E-state index in [1.54, 1.807) is 55.0 Å². The SMILES string of the molecule is C=CCOc1ccc([C@H]2C(=C(O)c3ccc(Br)cc3)C(=O)C(=O)N2CCCn2ccnc2)cc1. The maximum absolute atomic E-state index is 13.1. The van der Waals surface area contributed by atoms with Crippen molar-refractivity contribution in [2.24, 2.45) is 0 Å². The lowest BCUT2D eigenvalue weighted by Crippen LogP contribution is -2.31. The molecule has 174 valence electrons. The number of carbonyl (C=O) groups excluding carboxylic acids is 2. The molecule has 1 aliphatic heterocycles. The Morgan fingerprint density at radius 1 is 1.12 bits per heavy atom. The van der Waals surface area contributed by atoms with E-state index in [4.69, 9.17) is 4.74 Å². The summed E-state index contributed by atoms with van der Waals surface area (Å²) in [5, 5.41) is 11.1. The van der Waals surface area contributed by atoms with Gasteiger partial charge in [0.1, 0.15) is 18.1 Å². The standard InChI is InChI=1S/C26H24BrN3O4/c1-2-16-34-21-10-6-18(7-11-21)23-22(24(31)19-4-8-20(27)9-5-19)25(32)26(33)30(23)14-3-13-29-15-12-28-17-29/h2,4-12,15,17,23,31H,1,3,13-14,16H2/t23-/m0/s1. The van der Waals surface area contributed by atoms with Crippen molar-refractivity contribution in [3.63, 3.8) is 0 Å². The normalized spacial score (nSPS) is 17.2. The summed E-state index contributed by atoms with van der Waals surface area (Å²) in [7, 11) is 0. The number of ether oxygens (including phenoxy) is 1. The smallest absolute Gasteiger partial charge is 0.295 e. The summed E-state index contributed by atoms with van der Waals surface area (Å²) in [6.07, 6.45) is 7.53. The highest BCUT2D eigenvalue weighted by Crippen LogP contribution is 2.40. The Kier molecular flexibility index (Phi) is 7.27. The third kappa shape index (κ3) is 4.97. The minimum absolute atomic E-state index is 0.0784. The number of hydrogen-bond acceptors (Lipinski definition) is 5. The van der Waals surface area contributed by atoms with Gasteiger partial charge < -0.3 is 19.3 Å². The lowest BCUT2D eigenvalue weighted by Gasteiger charge is -2.25. The zero-order chi connectivity index (χ0) is 24.1. The topological polar surface area (TPSA) is 84.7 Å². The number of likely N-dealkylation sites (tertiary alicyclic amines) is 1. The summed E-state index contributed by atoms with van der Waals surface area (Å²) >= 11 is 3.38. The van der Waals surface area contributed by atoms with Gasteiger partial charge in [-0.15, -0.1) is 0 Å². The fourth-order valence-electron chi connectivity index (χ4n) is 3.96. The molecule has 2 aromatic carbocycles. The molecule has 1 atom stereocenters. The molecule has 0 saturated carbocycles. The highest BCUT2D eigenvalue weighted by molar-refractivity contribution is 9.10. The minimum atomic E-state index is -0.708. The molecule has 0 bridgehead atoms. The van der Waals surface area contributed by atoms with E-state index in [2.05, 4.69) is 27.5 Å². The Labute approximate surface area is 206 Å². The van der Waals surface area contributed by atoms with Gasteiger partial charge in [0.15, 0.2) is 0 Å². The molecule has 0 radical (unpaired) electrons. The van der Waals surface area contributed by atoms with Crippen molar-refractivity contribution in [2.75, 3.05) is 13.2 Å². The van der Waals surface area contributed by atoms with Crippen LogP contribution in [-0.2, 0) is 16.1 Å². The second-order valence-electron chi connectivity index (χ2n) is 7.82. The molecule has 1 fully saturated rings. The molecule has 1 aliphatic rings. The summed E-state index contributed by atoms with van der Waals surface area (Å²) in [6.45, 7) is 5.01. The molecule has 1 aromatic heterocycles. The minimum Gasteiger partial charge on any atom is -0.507 e. The fourth-order valence-corrected chi connectivity index (χ4v) is 4.23. The number of amides is 1. The monoisotopic (exact) mass is 521 g/mol. The van der Waals surface area contributed by atoms with Crippen molar-refractivity contribution in [3.8, 4) is 5.75 Å². The molecule has 2 heterocycles. The average Bonchev–Trinajstić information content (AvgIpc) is 3.45. The predicted molar refractivity (Wildman–Crippen MR) is 132 cm³/mol. The van der Waals surface area contributed by atoms with Crippen LogP contribution in [-0.4, -0.2) is 44.4 Å². The number of Topliss-reactive ketones (excluding diaryl/α,β-unsaturated/α-hetero) is 1. The summed E-state index contributed by atoms with van der Waals surface area (Å²) < 4.78 is 8.32. The predicted octanol–water partition coefficient (Wildman–Crippen LogP) is 4.72. The lowest BCUT2D eigenvalue weighted by atomic mass is 9.95. The fraction of sp³-hybridized carbons (Fsp3) is 0.192. The van der Waals surface area contributed by atoms with E-state index in [-0.39, 0.29) is 11.3 Å². The highest BCUT2D eigenvalue weighted by Gasteiger charge is 2.45. The van der Waals surface area contributed by atoms with Crippen LogP contribution in [0, 0.1) is 0 Å². The van der Waals surface area contributed by atoms with Crippen LogP contribution in [0.5, 0.6) is 5.75 Å². The van der Waals surface area contributed by atoms with Gasteiger partial charge in [0.05, 0.1) is 17.9 Å². The Hall–Kier alpha value is -3.65. The maximum Gasteiger partial charge on any atom is 0.295 e. The zero-order valence-corrected chi connectivity index (χ0v) is 20.0. The van der Waals surface area contributed by atoms with E-state index in [0.29, 0.717) is 43.0 Å². The van der Waals surface area contributed by atoms with E-state index in [1.807, 2.05) is 22.9 Å². The second-order valence-corrected chi connectivity index (χ2v) is 8.74. The summed E-state index contributed by atoms with van der Waals surface area (Å²) in [5.41, 5.74) is 1.26. The summed E-state index contributed by atoms with van der Waals surface area (Å²) in [4.78, 5) is 31.7. The quantitative estimate of drug-likeness (QED) is 0.190. The number of aliphatic hydroxyl groups is 1. The first-order valence-electron chi connectivity index (χ1n) is 10.8. The number of aromatic nitrogens is 2. The van der Waals surface area contributed by atoms with Crippen LogP contribution in [0.4, 0.5) is 0 Å². The molecule has 3 aromatic rings. The molecule has 8 heteroatoms. The number of aliphatic hydroxyl groups excluding tert-OH is 1. The molecule has 0 aliphatic carbocycles. The third-order valence-electron chi connectivity index (χ3n) is 5.60. The van der Waals surface area contributed by atoms with E-state index >= 15 is 0 Å². The Balaban J connectivity index is 1.70. The average molecular weight is 522 g/mol. The van der Waals surface area contributed by atoms with Crippen LogP contribution in [0.25, 0.3) is 5.76 Å². The highest BCUT2D eigenvalue weighted by atomic mass is 79.9. The van der Waals surface area contributed by atoms with Crippen LogP contribution in [0.3, 0.4) is 0 Å². The van der Waals surface area contributed by atoms with Gasteiger partial charge in [0, 0.05) is 35.5 Å². The number of aryl methyl sites for hydroxylation is 1. The number of imidazole rings is 1. The first kappa shape index (κ1) is 23.5. The van der Waals surface area contributed by atoms with Gasteiger partial charge in [-0.05, 0) is 36.2 Å². The molecule has 7 nitrogen and oxygen atoms in total. The van der Waals surface area contributed by atoms with Gasteiger partial charge in [-0.3, -0.25) is 9.59 Å².